The summed E-state index contributed by atoms with van der Waals surface area (Å²) in [5.74, 6) is -1.42. The summed E-state index contributed by atoms with van der Waals surface area (Å²) in [5.41, 5.74) is 0.982. The minimum absolute atomic E-state index is 0.0672. The highest BCUT2D eigenvalue weighted by molar-refractivity contribution is 7.90. The van der Waals surface area contributed by atoms with Gasteiger partial charge in [0, 0.05) is 24.3 Å². The van der Waals surface area contributed by atoms with Crippen molar-refractivity contribution >= 4 is 15.7 Å². The van der Waals surface area contributed by atoms with Crippen LogP contribution in [0.1, 0.15) is 47.3 Å². The van der Waals surface area contributed by atoms with Crippen LogP contribution in [0.15, 0.2) is 59.9 Å². The Balaban J connectivity index is 1.47. The molecule has 0 N–H and O–H groups in total. The topological polar surface area (TPSA) is 81.5 Å². The van der Waals surface area contributed by atoms with Crippen molar-refractivity contribution < 1.29 is 26.7 Å². The van der Waals surface area contributed by atoms with Gasteiger partial charge in [-0.2, -0.15) is 0 Å². The molecule has 196 valence electrons. The summed E-state index contributed by atoms with van der Waals surface area (Å²) in [7, 11) is -4.00. The second kappa shape index (κ2) is 10.7. The number of rotatable bonds is 10. The zero-order valence-electron chi connectivity index (χ0n) is 20.4. The number of nitrogens with zero attached hydrogens (tertiary/aromatic N) is 3. The molecule has 0 unspecified atom stereocenters. The lowest BCUT2D eigenvalue weighted by molar-refractivity contribution is 0.0723. The average Bonchev–Trinajstić information content (AvgIpc) is 3.37. The maximum atomic E-state index is 14.3. The van der Waals surface area contributed by atoms with Crippen molar-refractivity contribution in [3.63, 3.8) is 0 Å². The monoisotopic (exact) mass is 529 g/mol. The molecule has 2 heterocycles. The molecule has 0 spiro atoms. The van der Waals surface area contributed by atoms with E-state index >= 15 is 0 Å². The average molecular weight is 530 g/mol. The van der Waals surface area contributed by atoms with Gasteiger partial charge in [-0.3, -0.25) is 4.79 Å². The first-order chi connectivity index (χ1) is 17.8. The second-order valence-electron chi connectivity index (χ2n) is 9.76. The van der Waals surface area contributed by atoms with Crippen LogP contribution in [0.2, 0.25) is 0 Å². The number of aromatic nitrogens is 2. The molecule has 1 aromatic heterocycles. The highest BCUT2D eigenvalue weighted by Gasteiger charge is 2.31. The van der Waals surface area contributed by atoms with Crippen LogP contribution in [0, 0.1) is 17.6 Å². The Morgan fingerprint density at radius 1 is 1.08 bits per heavy atom. The van der Waals surface area contributed by atoms with Crippen molar-refractivity contribution in [2.75, 3.05) is 13.2 Å². The summed E-state index contributed by atoms with van der Waals surface area (Å²) in [6.07, 6.45) is 4.99. The van der Waals surface area contributed by atoms with E-state index in [1.54, 1.807) is 15.5 Å². The fourth-order valence-corrected chi connectivity index (χ4v) is 6.15. The van der Waals surface area contributed by atoms with E-state index in [4.69, 9.17) is 4.74 Å². The third-order valence-corrected chi connectivity index (χ3v) is 8.37. The van der Waals surface area contributed by atoms with E-state index in [9.17, 15) is 22.0 Å². The maximum Gasteiger partial charge on any atom is 0.254 e. The van der Waals surface area contributed by atoms with Crippen molar-refractivity contribution in [1.82, 2.24) is 14.5 Å². The highest BCUT2D eigenvalue weighted by atomic mass is 32.2. The molecule has 1 aliphatic heterocycles. The van der Waals surface area contributed by atoms with E-state index in [-0.39, 0.29) is 35.8 Å². The molecule has 0 radical (unpaired) electrons. The van der Waals surface area contributed by atoms with E-state index in [2.05, 4.69) is 4.98 Å². The van der Waals surface area contributed by atoms with Gasteiger partial charge in [-0.25, -0.2) is 22.2 Å². The number of benzene rings is 2. The van der Waals surface area contributed by atoms with Crippen LogP contribution in [-0.4, -0.2) is 48.0 Å². The van der Waals surface area contributed by atoms with Gasteiger partial charge in [0.25, 0.3) is 5.91 Å². The number of amides is 1. The summed E-state index contributed by atoms with van der Waals surface area (Å²) >= 11 is 0. The number of ether oxygens (including phenoxy) is 1. The predicted octanol–water partition coefficient (Wildman–Crippen LogP) is 4.37. The molecular weight excluding hydrogens is 500 g/mol. The lowest BCUT2D eigenvalue weighted by Crippen LogP contribution is -2.34. The molecule has 10 heteroatoms. The quantitative estimate of drug-likeness (QED) is 0.390. The van der Waals surface area contributed by atoms with Crippen LogP contribution in [0.5, 0.6) is 0 Å². The molecule has 0 bridgehead atoms. The van der Waals surface area contributed by atoms with Gasteiger partial charge in [0.15, 0.2) is 0 Å². The first kappa shape index (κ1) is 25.5. The number of halogens is 2. The van der Waals surface area contributed by atoms with Crippen molar-refractivity contribution in [2.24, 2.45) is 5.92 Å². The number of hydrogen-bond acceptors (Lipinski definition) is 5. The standard InChI is InChI=1S/C27H29F2N3O4S/c28-22-11-9-20(10-12-22)26(33)31(15-19-7-8-19)16-23-14-30-27(32(23)17-24-5-3-13-36-24)37(34,35)18-21-4-1-2-6-25(21)29/h1-2,4,6,9-12,14,19,24H,3,5,7-8,13,15-18H2/t24-/m1/s1. The Bertz CT molecular complexity index is 1360. The van der Waals surface area contributed by atoms with Crippen LogP contribution in [0.3, 0.4) is 0 Å². The van der Waals surface area contributed by atoms with Crippen LogP contribution in [-0.2, 0) is 33.4 Å². The van der Waals surface area contributed by atoms with Gasteiger partial charge in [-0.1, -0.05) is 18.2 Å². The van der Waals surface area contributed by atoms with E-state index < -0.39 is 27.2 Å². The van der Waals surface area contributed by atoms with E-state index in [1.807, 2.05) is 0 Å². The van der Waals surface area contributed by atoms with Crippen LogP contribution < -0.4 is 0 Å². The fourth-order valence-electron chi connectivity index (χ4n) is 4.64. The van der Waals surface area contributed by atoms with Crippen molar-refractivity contribution in [2.45, 2.75) is 55.8 Å². The summed E-state index contributed by atoms with van der Waals surface area (Å²) in [6, 6.07) is 11.2. The molecule has 3 aromatic rings. The highest BCUT2D eigenvalue weighted by Crippen LogP contribution is 2.31. The van der Waals surface area contributed by atoms with Gasteiger partial charge < -0.3 is 14.2 Å². The van der Waals surface area contributed by atoms with Gasteiger partial charge in [0.05, 0.1) is 36.8 Å². The third-order valence-electron chi connectivity index (χ3n) is 6.80. The molecule has 2 aromatic carbocycles. The van der Waals surface area contributed by atoms with Crippen LogP contribution in [0.25, 0.3) is 0 Å². The SMILES string of the molecule is O=C(c1ccc(F)cc1)N(Cc1cnc(S(=O)(=O)Cc2ccccc2F)n1C[C@H]1CCCO1)CC1CC1. The molecule has 1 saturated carbocycles. The molecule has 1 saturated heterocycles. The molecular formula is C27H29F2N3O4S. The second-order valence-corrected chi connectivity index (χ2v) is 11.6. The van der Waals surface area contributed by atoms with E-state index in [0.29, 0.717) is 30.3 Å². The Morgan fingerprint density at radius 2 is 1.84 bits per heavy atom. The summed E-state index contributed by atoms with van der Waals surface area (Å²) < 4.78 is 61.9. The minimum atomic E-state index is -4.00. The molecule has 2 aliphatic rings. The smallest absolute Gasteiger partial charge is 0.254 e. The zero-order chi connectivity index (χ0) is 26.0. The van der Waals surface area contributed by atoms with Crippen molar-refractivity contribution in [3.05, 3.63) is 83.2 Å². The molecule has 2 fully saturated rings. The molecule has 37 heavy (non-hydrogen) atoms. The van der Waals surface area contributed by atoms with Crippen LogP contribution in [0.4, 0.5) is 8.78 Å². The minimum Gasteiger partial charge on any atom is -0.376 e. The third kappa shape index (κ3) is 6.07. The predicted molar refractivity (Wildman–Crippen MR) is 132 cm³/mol. The molecule has 1 atom stereocenters. The number of carbonyl (C=O) groups is 1. The maximum absolute atomic E-state index is 14.3. The van der Waals surface area contributed by atoms with Gasteiger partial charge in [-0.15, -0.1) is 0 Å². The largest absolute Gasteiger partial charge is 0.376 e. The number of imidazole rings is 1. The number of sulfone groups is 1. The molecule has 1 amide bonds. The normalized spacial score (nSPS) is 17.7. The Morgan fingerprint density at radius 3 is 2.51 bits per heavy atom. The Labute approximate surface area is 215 Å². The first-order valence-corrected chi connectivity index (χ1v) is 14.1. The fraction of sp³-hybridized carbons (Fsp3) is 0.407. The molecule has 1 aliphatic carbocycles. The van der Waals surface area contributed by atoms with E-state index in [1.165, 1.54) is 48.7 Å². The van der Waals surface area contributed by atoms with Gasteiger partial charge in [0.2, 0.25) is 15.0 Å². The van der Waals surface area contributed by atoms with Crippen molar-refractivity contribution in [3.8, 4) is 0 Å². The van der Waals surface area contributed by atoms with Crippen LogP contribution >= 0.6 is 0 Å². The van der Waals surface area contributed by atoms with Gasteiger partial charge in [-0.05, 0) is 61.9 Å². The molecule has 7 nitrogen and oxygen atoms in total. The molecule has 5 rings (SSSR count). The van der Waals surface area contributed by atoms with Gasteiger partial charge >= 0.3 is 0 Å². The summed E-state index contributed by atoms with van der Waals surface area (Å²) in [4.78, 5) is 19.3. The number of carbonyl (C=O) groups excluding carboxylic acids is 1. The lowest BCUT2D eigenvalue weighted by atomic mass is 10.1. The Kier molecular flexibility index (Phi) is 7.39. The summed E-state index contributed by atoms with van der Waals surface area (Å²) in [5, 5.41) is -0.165. The van der Waals surface area contributed by atoms with Gasteiger partial charge in [0.1, 0.15) is 11.6 Å². The lowest BCUT2D eigenvalue weighted by Gasteiger charge is -2.24. The summed E-state index contributed by atoms with van der Waals surface area (Å²) in [6.45, 7) is 1.52. The number of hydrogen-bond donors (Lipinski definition) is 0. The van der Waals surface area contributed by atoms with Crippen molar-refractivity contribution in [1.29, 1.82) is 0 Å². The van der Waals surface area contributed by atoms with E-state index in [0.717, 1.165) is 25.7 Å². The zero-order valence-corrected chi connectivity index (χ0v) is 21.2. The first-order valence-electron chi connectivity index (χ1n) is 12.5. The Hall–Kier alpha value is -3.11.